The number of β-amino-alcohol motifs (C(OH)–C–C–N with tert-alkyl or cyclic N) is 1. The standard InChI is InChI=1S/C18H22FN3O5/c1-18(2,3)27-17(26)21(4)14-9-11(19)5-6-12(14)20-13-10-15(24)22(7-8-23)16(13)25/h5-6,9-10,20,23H,7-8H2,1-4H3. The van der Waals surface area contributed by atoms with Gasteiger partial charge in [0.1, 0.15) is 17.1 Å². The highest BCUT2D eigenvalue weighted by atomic mass is 19.1. The molecule has 1 aromatic rings. The third kappa shape index (κ3) is 4.82. The fourth-order valence-electron chi connectivity index (χ4n) is 2.37. The van der Waals surface area contributed by atoms with Crippen LogP contribution in [0.1, 0.15) is 20.8 Å². The minimum atomic E-state index is -0.743. The van der Waals surface area contributed by atoms with E-state index in [9.17, 15) is 18.8 Å². The van der Waals surface area contributed by atoms with Crippen LogP contribution in [0.15, 0.2) is 30.0 Å². The summed E-state index contributed by atoms with van der Waals surface area (Å²) in [5.74, 6) is -1.78. The predicted octanol–water partition coefficient (Wildman–Crippen LogP) is 1.85. The van der Waals surface area contributed by atoms with Gasteiger partial charge in [0, 0.05) is 13.1 Å². The van der Waals surface area contributed by atoms with Crippen molar-refractivity contribution in [2.45, 2.75) is 26.4 Å². The van der Waals surface area contributed by atoms with Gasteiger partial charge in [0.25, 0.3) is 11.8 Å². The Labute approximate surface area is 156 Å². The summed E-state index contributed by atoms with van der Waals surface area (Å²) < 4.78 is 19.0. The van der Waals surface area contributed by atoms with Gasteiger partial charge in [-0.05, 0) is 39.0 Å². The summed E-state index contributed by atoms with van der Waals surface area (Å²) >= 11 is 0. The van der Waals surface area contributed by atoms with Crippen molar-refractivity contribution in [1.29, 1.82) is 0 Å². The van der Waals surface area contributed by atoms with E-state index in [-0.39, 0.29) is 30.2 Å². The Bertz CT molecular complexity index is 801. The number of anilines is 2. The third-order valence-electron chi connectivity index (χ3n) is 3.59. The van der Waals surface area contributed by atoms with Gasteiger partial charge in [0.05, 0.1) is 24.5 Å². The predicted molar refractivity (Wildman–Crippen MR) is 96.5 cm³/mol. The minimum absolute atomic E-state index is 0.0427. The van der Waals surface area contributed by atoms with Crippen LogP contribution in [0.25, 0.3) is 0 Å². The molecule has 1 aliphatic heterocycles. The van der Waals surface area contributed by atoms with E-state index in [1.165, 1.54) is 13.1 Å². The van der Waals surface area contributed by atoms with Gasteiger partial charge in [-0.2, -0.15) is 0 Å². The first-order chi connectivity index (χ1) is 12.5. The van der Waals surface area contributed by atoms with Crippen molar-refractivity contribution in [3.8, 4) is 0 Å². The van der Waals surface area contributed by atoms with E-state index >= 15 is 0 Å². The molecule has 0 spiro atoms. The van der Waals surface area contributed by atoms with Crippen molar-refractivity contribution < 1.29 is 28.6 Å². The number of aliphatic hydroxyl groups excluding tert-OH is 1. The fourth-order valence-corrected chi connectivity index (χ4v) is 2.37. The lowest BCUT2D eigenvalue weighted by atomic mass is 10.2. The summed E-state index contributed by atoms with van der Waals surface area (Å²) in [6.07, 6.45) is 0.374. The Morgan fingerprint density at radius 3 is 2.59 bits per heavy atom. The molecule has 0 saturated heterocycles. The minimum Gasteiger partial charge on any atom is -0.443 e. The number of nitrogens with zero attached hydrogens (tertiary/aromatic N) is 2. The Balaban J connectivity index is 2.29. The van der Waals surface area contributed by atoms with Gasteiger partial charge in [-0.1, -0.05) is 0 Å². The van der Waals surface area contributed by atoms with Gasteiger partial charge in [0.2, 0.25) is 0 Å². The van der Waals surface area contributed by atoms with Crippen LogP contribution in [-0.2, 0) is 14.3 Å². The van der Waals surface area contributed by atoms with Crippen molar-refractivity contribution in [1.82, 2.24) is 4.90 Å². The van der Waals surface area contributed by atoms with Gasteiger partial charge in [-0.3, -0.25) is 19.4 Å². The molecule has 1 heterocycles. The van der Waals surface area contributed by atoms with E-state index in [1.54, 1.807) is 20.8 Å². The third-order valence-corrected chi connectivity index (χ3v) is 3.59. The number of hydrogen-bond donors (Lipinski definition) is 2. The van der Waals surface area contributed by atoms with Gasteiger partial charge in [0.15, 0.2) is 0 Å². The number of imide groups is 1. The molecule has 0 fully saturated rings. The lowest BCUT2D eigenvalue weighted by Crippen LogP contribution is -2.35. The largest absolute Gasteiger partial charge is 0.443 e. The number of ether oxygens (including phenoxy) is 1. The molecule has 1 aliphatic rings. The van der Waals surface area contributed by atoms with Crippen LogP contribution in [0.2, 0.25) is 0 Å². The Morgan fingerprint density at radius 2 is 2.00 bits per heavy atom. The quantitative estimate of drug-likeness (QED) is 0.758. The first-order valence-electron chi connectivity index (χ1n) is 8.25. The molecule has 0 atom stereocenters. The second kappa shape index (κ2) is 7.75. The number of aliphatic hydroxyl groups is 1. The molecule has 1 aromatic carbocycles. The molecule has 8 nitrogen and oxygen atoms in total. The normalized spacial score (nSPS) is 14.3. The maximum absolute atomic E-state index is 13.7. The number of nitrogens with one attached hydrogen (secondary N) is 1. The molecule has 0 radical (unpaired) electrons. The van der Waals surface area contributed by atoms with Crippen molar-refractivity contribution in [2.75, 3.05) is 30.4 Å². The number of carbonyl (C=O) groups excluding carboxylic acids is 3. The molecular weight excluding hydrogens is 357 g/mol. The zero-order chi connectivity index (χ0) is 20.4. The lowest BCUT2D eigenvalue weighted by Gasteiger charge is -2.26. The van der Waals surface area contributed by atoms with Crippen LogP contribution >= 0.6 is 0 Å². The van der Waals surface area contributed by atoms with Crippen molar-refractivity contribution >= 4 is 29.3 Å². The van der Waals surface area contributed by atoms with Crippen LogP contribution in [0.3, 0.4) is 0 Å². The molecule has 2 rings (SSSR count). The number of rotatable bonds is 5. The van der Waals surface area contributed by atoms with E-state index in [0.717, 1.165) is 28.0 Å². The summed E-state index contributed by atoms with van der Waals surface area (Å²) in [5, 5.41) is 11.7. The maximum atomic E-state index is 13.7. The van der Waals surface area contributed by atoms with Gasteiger partial charge < -0.3 is 15.2 Å². The number of benzene rings is 1. The van der Waals surface area contributed by atoms with E-state index in [1.807, 2.05) is 0 Å². The van der Waals surface area contributed by atoms with Gasteiger partial charge in [-0.25, -0.2) is 9.18 Å². The Hall–Kier alpha value is -2.94. The van der Waals surface area contributed by atoms with E-state index in [0.29, 0.717) is 0 Å². The zero-order valence-electron chi connectivity index (χ0n) is 15.6. The highest BCUT2D eigenvalue weighted by molar-refractivity contribution is 6.17. The molecule has 0 aromatic heterocycles. The van der Waals surface area contributed by atoms with Crippen molar-refractivity contribution in [2.24, 2.45) is 0 Å². The highest BCUT2D eigenvalue weighted by Gasteiger charge is 2.31. The highest BCUT2D eigenvalue weighted by Crippen LogP contribution is 2.29. The Morgan fingerprint density at radius 1 is 1.33 bits per heavy atom. The molecule has 0 aliphatic carbocycles. The summed E-state index contributed by atoms with van der Waals surface area (Å²) in [6.45, 7) is 4.61. The maximum Gasteiger partial charge on any atom is 0.414 e. The topological polar surface area (TPSA) is 99.2 Å². The van der Waals surface area contributed by atoms with Crippen molar-refractivity contribution in [3.05, 3.63) is 35.8 Å². The van der Waals surface area contributed by atoms with Gasteiger partial charge in [-0.15, -0.1) is 0 Å². The van der Waals surface area contributed by atoms with E-state index in [4.69, 9.17) is 9.84 Å². The van der Waals surface area contributed by atoms with E-state index < -0.39 is 29.3 Å². The van der Waals surface area contributed by atoms with Crippen molar-refractivity contribution in [3.63, 3.8) is 0 Å². The smallest absolute Gasteiger partial charge is 0.414 e. The molecule has 27 heavy (non-hydrogen) atoms. The molecule has 9 heteroatoms. The monoisotopic (exact) mass is 379 g/mol. The number of amides is 3. The fraction of sp³-hybridized carbons (Fsp3) is 0.389. The second-order valence-corrected chi connectivity index (χ2v) is 6.90. The molecular formula is C18H22FN3O5. The van der Waals surface area contributed by atoms with E-state index in [2.05, 4.69) is 5.32 Å². The molecule has 0 unspecified atom stereocenters. The summed E-state index contributed by atoms with van der Waals surface area (Å²) in [6, 6.07) is 3.61. The molecule has 3 amide bonds. The molecule has 0 saturated carbocycles. The first kappa shape index (κ1) is 20.4. The molecule has 0 bridgehead atoms. The van der Waals surface area contributed by atoms with Crippen LogP contribution in [0, 0.1) is 5.82 Å². The summed E-state index contributed by atoms with van der Waals surface area (Å²) in [5.41, 5.74) is -0.416. The molecule has 146 valence electrons. The second-order valence-electron chi connectivity index (χ2n) is 6.90. The number of carbonyl (C=O) groups is 3. The van der Waals surface area contributed by atoms with Crippen LogP contribution in [0.4, 0.5) is 20.6 Å². The molecule has 2 N–H and O–H groups in total. The summed E-state index contributed by atoms with van der Waals surface area (Å²) in [7, 11) is 1.40. The first-order valence-corrected chi connectivity index (χ1v) is 8.25. The number of hydrogen-bond acceptors (Lipinski definition) is 6. The van der Waals surface area contributed by atoms with Crippen LogP contribution < -0.4 is 10.2 Å². The number of halogens is 1. The van der Waals surface area contributed by atoms with Crippen LogP contribution in [0.5, 0.6) is 0 Å². The Kier molecular flexibility index (Phi) is 5.85. The van der Waals surface area contributed by atoms with Crippen LogP contribution in [-0.4, -0.2) is 53.7 Å². The van der Waals surface area contributed by atoms with Gasteiger partial charge >= 0.3 is 6.09 Å². The zero-order valence-corrected chi connectivity index (χ0v) is 15.6. The average Bonchev–Trinajstić information content (AvgIpc) is 2.82. The lowest BCUT2D eigenvalue weighted by molar-refractivity contribution is -0.137. The summed E-state index contributed by atoms with van der Waals surface area (Å²) in [4.78, 5) is 38.4. The average molecular weight is 379 g/mol. The SMILES string of the molecule is CN(C(=O)OC(C)(C)C)c1cc(F)ccc1NC1=CC(=O)N(CCO)C1=O.